The summed E-state index contributed by atoms with van der Waals surface area (Å²) in [5.74, 6) is 2.45. The Morgan fingerprint density at radius 3 is 2.77 bits per heavy atom. The van der Waals surface area contributed by atoms with Gasteiger partial charge in [-0.15, -0.1) is 10.2 Å². The zero-order chi connectivity index (χ0) is 21.5. The van der Waals surface area contributed by atoms with Crippen molar-refractivity contribution in [2.45, 2.75) is 25.9 Å². The van der Waals surface area contributed by atoms with E-state index >= 15 is 0 Å². The van der Waals surface area contributed by atoms with Crippen molar-refractivity contribution in [3.05, 3.63) is 76.8 Å². The standard InChI is InChI=1S/C23H26ClN5O2/c24-19-6-4-5-18(15-19)16-28-12-10-22-27-26-21(29(22)14-13-28)9-11-25-23(30)17-31-20-7-2-1-3-8-20/h1-8,15H,9-14,16-17H2,(H,25,30). The molecule has 2 heterocycles. The molecule has 3 aromatic rings. The fourth-order valence-corrected chi connectivity index (χ4v) is 3.91. The summed E-state index contributed by atoms with van der Waals surface area (Å²) in [7, 11) is 0. The number of carbonyl (C=O) groups is 1. The second-order valence-corrected chi connectivity index (χ2v) is 7.98. The smallest absolute Gasteiger partial charge is 0.257 e. The number of amides is 1. The Morgan fingerprint density at radius 2 is 1.94 bits per heavy atom. The van der Waals surface area contributed by atoms with E-state index in [1.807, 2.05) is 48.5 Å². The second kappa shape index (κ2) is 10.4. The summed E-state index contributed by atoms with van der Waals surface area (Å²) >= 11 is 6.11. The fourth-order valence-electron chi connectivity index (χ4n) is 3.69. The number of hydrogen-bond acceptors (Lipinski definition) is 5. The number of nitrogens with one attached hydrogen (secondary N) is 1. The molecule has 0 spiro atoms. The average molecular weight is 440 g/mol. The first-order valence-electron chi connectivity index (χ1n) is 10.5. The predicted octanol–water partition coefficient (Wildman–Crippen LogP) is 2.73. The van der Waals surface area contributed by atoms with Gasteiger partial charge in [0.1, 0.15) is 17.4 Å². The van der Waals surface area contributed by atoms with Gasteiger partial charge in [-0.1, -0.05) is 41.9 Å². The Balaban J connectivity index is 1.24. The van der Waals surface area contributed by atoms with Gasteiger partial charge in [0.15, 0.2) is 6.61 Å². The van der Waals surface area contributed by atoms with Crippen LogP contribution in [0.3, 0.4) is 0 Å². The van der Waals surface area contributed by atoms with E-state index in [4.69, 9.17) is 16.3 Å². The summed E-state index contributed by atoms with van der Waals surface area (Å²) < 4.78 is 7.66. The molecule has 4 rings (SSSR count). The normalized spacial score (nSPS) is 14.0. The van der Waals surface area contributed by atoms with Crippen LogP contribution in [0.25, 0.3) is 0 Å². The molecule has 1 N–H and O–H groups in total. The molecule has 0 atom stereocenters. The minimum Gasteiger partial charge on any atom is -0.484 e. The maximum atomic E-state index is 12.0. The molecule has 0 bridgehead atoms. The van der Waals surface area contributed by atoms with Crippen LogP contribution in [-0.4, -0.2) is 51.8 Å². The summed E-state index contributed by atoms with van der Waals surface area (Å²) in [5, 5.41) is 12.4. The second-order valence-electron chi connectivity index (χ2n) is 7.54. The van der Waals surface area contributed by atoms with Crippen LogP contribution in [0.5, 0.6) is 5.75 Å². The van der Waals surface area contributed by atoms with E-state index in [9.17, 15) is 4.79 Å². The topological polar surface area (TPSA) is 72.3 Å². The lowest BCUT2D eigenvalue weighted by Crippen LogP contribution is -2.31. The number of aromatic nitrogens is 3. The van der Waals surface area contributed by atoms with Gasteiger partial charge < -0.3 is 14.6 Å². The molecule has 0 unspecified atom stereocenters. The molecule has 0 saturated heterocycles. The Hall–Kier alpha value is -2.90. The van der Waals surface area contributed by atoms with Crippen molar-refractivity contribution in [2.75, 3.05) is 26.2 Å². The molecule has 7 nitrogen and oxygen atoms in total. The quantitative estimate of drug-likeness (QED) is 0.584. The number of rotatable bonds is 8. The molecule has 8 heteroatoms. The molecule has 31 heavy (non-hydrogen) atoms. The molecule has 0 aliphatic carbocycles. The van der Waals surface area contributed by atoms with Crippen molar-refractivity contribution < 1.29 is 9.53 Å². The number of halogens is 1. The van der Waals surface area contributed by atoms with E-state index in [1.165, 1.54) is 5.56 Å². The number of ether oxygens (including phenoxy) is 1. The molecule has 1 amide bonds. The molecular weight excluding hydrogens is 414 g/mol. The van der Waals surface area contributed by atoms with Crippen LogP contribution >= 0.6 is 11.6 Å². The SMILES string of the molecule is O=C(COc1ccccc1)NCCc1nnc2n1CCN(Cc1cccc(Cl)c1)CC2. The van der Waals surface area contributed by atoms with Crippen LogP contribution in [0.1, 0.15) is 17.2 Å². The first-order chi connectivity index (χ1) is 15.2. The highest BCUT2D eigenvalue weighted by Crippen LogP contribution is 2.15. The van der Waals surface area contributed by atoms with Gasteiger partial charge >= 0.3 is 0 Å². The highest BCUT2D eigenvalue weighted by atomic mass is 35.5. The third-order valence-corrected chi connectivity index (χ3v) is 5.51. The number of nitrogens with zero attached hydrogens (tertiary/aromatic N) is 4. The van der Waals surface area contributed by atoms with Crippen LogP contribution in [0.15, 0.2) is 54.6 Å². The number of hydrogen-bond donors (Lipinski definition) is 1. The van der Waals surface area contributed by atoms with E-state index in [0.29, 0.717) is 18.7 Å². The molecule has 0 saturated carbocycles. The maximum absolute atomic E-state index is 12.0. The molecule has 1 aliphatic rings. The molecule has 162 valence electrons. The average Bonchev–Trinajstić information content (AvgIpc) is 3.05. The summed E-state index contributed by atoms with van der Waals surface area (Å²) in [6.45, 7) is 4.05. The summed E-state index contributed by atoms with van der Waals surface area (Å²) in [5.41, 5.74) is 1.21. The van der Waals surface area contributed by atoms with Crippen LogP contribution in [0.2, 0.25) is 5.02 Å². The van der Waals surface area contributed by atoms with Gasteiger partial charge in [0, 0.05) is 50.6 Å². The van der Waals surface area contributed by atoms with Crippen molar-refractivity contribution in [1.82, 2.24) is 25.0 Å². The lowest BCUT2D eigenvalue weighted by atomic mass is 10.2. The first kappa shape index (κ1) is 21.3. The minimum absolute atomic E-state index is 0.000413. The Morgan fingerprint density at radius 1 is 1.06 bits per heavy atom. The van der Waals surface area contributed by atoms with E-state index in [-0.39, 0.29) is 12.5 Å². The van der Waals surface area contributed by atoms with Gasteiger partial charge in [0.25, 0.3) is 5.91 Å². The van der Waals surface area contributed by atoms with Crippen LogP contribution in [0, 0.1) is 0 Å². The van der Waals surface area contributed by atoms with Gasteiger partial charge in [-0.3, -0.25) is 9.69 Å². The number of benzene rings is 2. The Bertz CT molecular complexity index is 1010. The third kappa shape index (κ3) is 6.06. The molecular formula is C23H26ClN5O2. The molecule has 1 aliphatic heterocycles. The zero-order valence-electron chi connectivity index (χ0n) is 17.3. The first-order valence-corrected chi connectivity index (χ1v) is 10.9. The van der Waals surface area contributed by atoms with Gasteiger partial charge in [-0.25, -0.2) is 0 Å². The lowest BCUT2D eigenvalue weighted by molar-refractivity contribution is -0.123. The Labute approximate surface area is 187 Å². The van der Waals surface area contributed by atoms with Crippen molar-refractivity contribution in [2.24, 2.45) is 0 Å². The predicted molar refractivity (Wildman–Crippen MR) is 119 cm³/mol. The van der Waals surface area contributed by atoms with Crippen molar-refractivity contribution in [1.29, 1.82) is 0 Å². The highest BCUT2D eigenvalue weighted by Gasteiger charge is 2.19. The van der Waals surface area contributed by atoms with Crippen LogP contribution in [-0.2, 0) is 30.7 Å². The molecule has 0 radical (unpaired) electrons. The van der Waals surface area contributed by atoms with E-state index in [0.717, 1.165) is 49.3 Å². The monoisotopic (exact) mass is 439 g/mol. The van der Waals surface area contributed by atoms with Crippen LogP contribution in [0.4, 0.5) is 0 Å². The van der Waals surface area contributed by atoms with Gasteiger partial charge in [0.2, 0.25) is 0 Å². The fraction of sp³-hybridized carbons (Fsp3) is 0.348. The largest absolute Gasteiger partial charge is 0.484 e. The maximum Gasteiger partial charge on any atom is 0.257 e. The number of carbonyl (C=O) groups excluding carboxylic acids is 1. The van der Waals surface area contributed by atoms with Gasteiger partial charge in [-0.05, 0) is 29.8 Å². The van der Waals surface area contributed by atoms with Crippen LogP contribution < -0.4 is 10.1 Å². The van der Waals surface area contributed by atoms with E-state index < -0.39 is 0 Å². The van der Waals surface area contributed by atoms with E-state index in [2.05, 4.69) is 31.0 Å². The lowest BCUT2D eigenvalue weighted by Gasteiger charge is -2.19. The molecule has 1 aromatic heterocycles. The van der Waals surface area contributed by atoms with E-state index in [1.54, 1.807) is 0 Å². The van der Waals surface area contributed by atoms with Crippen molar-refractivity contribution in [3.63, 3.8) is 0 Å². The minimum atomic E-state index is -0.146. The third-order valence-electron chi connectivity index (χ3n) is 5.27. The van der Waals surface area contributed by atoms with Gasteiger partial charge in [-0.2, -0.15) is 0 Å². The number of fused-ring (bicyclic) bond motifs is 1. The van der Waals surface area contributed by atoms with Gasteiger partial charge in [0.05, 0.1) is 0 Å². The number of para-hydroxylation sites is 1. The molecule has 2 aromatic carbocycles. The zero-order valence-corrected chi connectivity index (χ0v) is 18.1. The summed E-state index contributed by atoms with van der Waals surface area (Å²) in [4.78, 5) is 14.4. The molecule has 0 fully saturated rings. The highest BCUT2D eigenvalue weighted by molar-refractivity contribution is 6.30. The summed E-state index contributed by atoms with van der Waals surface area (Å²) in [6, 6.07) is 17.3. The Kier molecular flexibility index (Phi) is 7.17. The summed E-state index contributed by atoms with van der Waals surface area (Å²) in [6.07, 6.45) is 1.49. The van der Waals surface area contributed by atoms with Crippen molar-refractivity contribution in [3.8, 4) is 5.75 Å². The van der Waals surface area contributed by atoms with Crippen molar-refractivity contribution >= 4 is 17.5 Å².